The summed E-state index contributed by atoms with van der Waals surface area (Å²) in [5, 5.41) is 4.50. The first kappa shape index (κ1) is 12.7. The summed E-state index contributed by atoms with van der Waals surface area (Å²) in [7, 11) is 1.69. The SMILES string of the molecule is Cc1nn(C)c(Cl)c1CC(=O)c1ccncc1F. The number of halogens is 2. The smallest absolute Gasteiger partial charge is 0.170 e. The van der Waals surface area contributed by atoms with E-state index in [1.54, 1.807) is 14.0 Å². The Morgan fingerprint density at radius 1 is 1.56 bits per heavy atom. The average Bonchev–Trinajstić information content (AvgIpc) is 2.56. The monoisotopic (exact) mass is 267 g/mol. The second-order valence-electron chi connectivity index (χ2n) is 3.93. The highest BCUT2D eigenvalue weighted by Crippen LogP contribution is 2.21. The number of carbonyl (C=O) groups excluding carboxylic acids is 1. The molecule has 2 rings (SSSR count). The minimum absolute atomic E-state index is 0.0179. The number of rotatable bonds is 3. The summed E-state index contributed by atoms with van der Waals surface area (Å²) in [6.45, 7) is 1.76. The fraction of sp³-hybridized carbons (Fsp3) is 0.250. The molecule has 2 heterocycles. The molecule has 0 saturated heterocycles. The molecule has 0 bridgehead atoms. The van der Waals surface area contributed by atoms with Crippen LogP contribution in [0.25, 0.3) is 0 Å². The van der Waals surface area contributed by atoms with Gasteiger partial charge in [0, 0.05) is 25.2 Å². The van der Waals surface area contributed by atoms with Crippen molar-refractivity contribution in [1.82, 2.24) is 14.8 Å². The largest absolute Gasteiger partial charge is 0.294 e. The van der Waals surface area contributed by atoms with Crippen LogP contribution in [0.3, 0.4) is 0 Å². The number of hydrogen-bond acceptors (Lipinski definition) is 3. The van der Waals surface area contributed by atoms with E-state index < -0.39 is 5.82 Å². The van der Waals surface area contributed by atoms with Crippen LogP contribution < -0.4 is 0 Å². The van der Waals surface area contributed by atoms with E-state index in [0.717, 1.165) is 6.20 Å². The molecule has 18 heavy (non-hydrogen) atoms. The van der Waals surface area contributed by atoms with Crippen molar-refractivity contribution in [3.63, 3.8) is 0 Å². The van der Waals surface area contributed by atoms with Gasteiger partial charge in [-0.1, -0.05) is 11.6 Å². The van der Waals surface area contributed by atoms with Crippen molar-refractivity contribution in [3.8, 4) is 0 Å². The fourth-order valence-corrected chi connectivity index (χ4v) is 1.97. The summed E-state index contributed by atoms with van der Waals surface area (Å²) in [5.74, 6) is -0.965. The first-order chi connectivity index (χ1) is 8.50. The number of nitrogens with zero attached hydrogens (tertiary/aromatic N) is 3. The van der Waals surface area contributed by atoms with Crippen molar-refractivity contribution in [3.05, 3.63) is 46.3 Å². The molecule has 6 heteroatoms. The third-order valence-electron chi connectivity index (χ3n) is 2.68. The maximum absolute atomic E-state index is 13.4. The molecule has 4 nitrogen and oxygen atoms in total. The van der Waals surface area contributed by atoms with Gasteiger partial charge in [0.25, 0.3) is 0 Å². The predicted molar refractivity (Wildman–Crippen MR) is 65.2 cm³/mol. The number of hydrogen-bond donors (Lipinski definition) is 0. The van der Waals surface area contributed by atoms with E-state index in [0.29, 0.717) is 16.4 Å². The molecule has 94 valence electrons. The number of Topliss-reactive ketones (excluding diaryl/α,β-unsaturated/α-hetero) is 1. The molecule has 0 aliphatic heterocycles. The first-order valence-electron chi connectivity index (χ1n) is 5.31. The van der Waals surface area contributed by atoms with E-state index in [-0.39, 0.29) is 17.8 Å². The van der Waals surface area contributed by atoms with Crippen LogP contribution in [0.4, 0.5) is 4.39 Å². The molecule has 2 aromatic rings. The molecule has 0 amide bonds. The highest BCUT2D eigenvalue weighted by Gasteiger charge is 2.18. The number of aromatic nitrogens is 3. The van der Waals surface area contributed by atoms with E-state index in [1.807, 2.05) is 0 Å². The predicted octanol–water partition coefficient (Wildman–Crippen LogP) is 2.34. The van der Waals surface area contributed by atoms with Crippen molar-refractivity contribution >= 4 is 17.4 Å². The Bertz CT molecular complexity index is 609. The summed E-state index contributed by atoms with van der Waals surface area (Å²) < 4.78 is 14.9. The zero-order chi connectivity index (χ0) is 13.3. The number of pyridine rings is 1. The minimum atomic E-state index is -0.625. The van der Waals surface area contributed by atoms with Crippen LogP contribution in [-0.4, -0.2) is 20.5 Å². The zero-order valence-electron chi connectivity index (χ0n) is 9.94. The molecule has 0 spiro atoms. The molecule has 0 fully saturated rings. The number of aryl methyl sites for hydroxylation is 2. The standard InChI is InChI=1S/C12H11ClFN3O/c1-7-9(12(13)17(2)16-7)5-11(18)8-3-4-15-6-10(8)14/h3-4,6H,5H2,1-2H3. The highest BCUT2D eigenvalue weighted by molar-refractivity contribution is 6.30. The Labute approximate surface area is 108 Å². The molecule has 0 N–H and O–H groups in total. The van der Waals surface area contributed by atoms with E-state index in [1.165, 1.54) is 16.9 Å². The Kier molecular flexibility index (Phi) is 3.43. The van der Waals surface area contributed by atoms with Gasteiger partial charge < -0.3 is 0 Å². The Morgan fingerprint density at radius 2 is 2.28 bits per heavy atom. The van der Waals surface area contributed by atoms with Gasteiger partial charge in [0.2, 0.25) is 0 Å². The van der Waals surface area contributed by atoms with Crippen LogP contribution >= 0.6 is 11.6 Å². The molecule has 0 aromatic carbocycles. The van der Waals surface area contributed by atoms with Crippen molar-refractivity contribution < 1.29 is 9.18 Å². The van der Waals surface area contributed by atoms with Crippen LogP contribution in [0.2, 0.25) is 5.15 Å². The van der Waals surface area contributed by atoms with Crippen molar-refractivity contribution in [2.45, 2.75) is 13.3 Å². The molecule has 0 atom stereocenters. The first-order valence-corrected chi connectivity index (χ1v) is 5.69. The second-order valence-corrected chi connectivity index (χ2v) is 4.29. The summed E-state index contributed by atoms with van der Waals surface area (Å²) in [5.41, 5.74) is 1.31. The molecule has 0 aliphatic carbocycles. The van der Waals surface area contributed by atoms with Crippen molar-refractivity contribution in [1.29, 1.82) is 0 Å². The quantitative estimate of drug-likeness (QED) is 0.802. The van der Waals surface area contributed by atoms with E-state index in [4.69, 9.17) is 11.6 Å². The van der Waals surface area contributed by atoms with Gasteiger partial charge in [-0.3, -0.25) is 14.5 Å². The number of ketones is 1. The van der Waals surface area contributed by atoms with Crippen molar-refractivity contribution in [2.24, 2.45) is 7.05 Å². The summed E-state index contributed by atoms with van der Waals surface area (Å²) in [6, 6.07) is 1.36. The van der Waals surface area contributed by atoms with Crippen LogP contribution in [0, 0.1) is 12.7 Å². The van der Waals surface area contributed by atoms with Crippen LogP contribution in [0.15, 0.2) is 18.5 Å². The third-order valence-corrected chi connectivity index (χ3v) is 3.15. The summed E-state index contributed by atoms with van der Waals surface area (Å²) in [4.78, 5) is 15.6. The summed E-state index contributed by atoms with van der Waals surface area (Å²) >= 11 is 6.03. The third kappa shape index (κ3) is 2.26. The molecule has 0 radical (unpaired) electrons. The molecule has 0 aliphatic rings. The van der Waals surface area contributed by atoms with Gasteiger partial charge in [-0.25, -0.2) is 4.39 Å². The normalized spacial score (nSPS) is 10.7. The second kappa shape index (κ2) is 4.86. The highest BCUT2D eigenvalue weighted by atomic mass is 35.5. The van der Waals surface area contributed by atoms with Crippen LogP contribution in [-0.2, 0) is 13.5 Å². The molecular formula is C12H11ClFN3O. The zero-order valence-corrected chi connectivity index (χ0v) is 10.7. The molecule has 0 saturated carbocycles. The maximum atomic E-state index is 13.4. The van der Waals surface area contributed by atoms with E-state index in [9.17, 15) is 9.18 Å². The van der Waals surface area contributed by atoms with E-state index in [2.05, 4.69) is 10.1 Å². The minimum Gasteiger partial charge on any atom is -0.294 e. The average molecular weight is 268 g/mol. The van der Waals surface area contributed by atoms with Gasteiger partial charge in [-0.2, -0.15) is 5.10 Å². The van der Waals surface area contributed by atoms with Gasteiger partial charge in [-0.05, 0) is 13.0 Å². The fourth-order valence-electron chi connectivity index (χ4n) is 1.73. The van der Waals surface area contributed by atoms with Crippen LogP contribution in [0.5, 0.6) is 0 Å². The van der Waals surface area contributed by atoms with Gasteiger partial charge in [0.15, 0.2) is 11.6 Å². The van der Waals surface area contributed by atoms with E-state index >= 15 is 0 Å². The summed E-state index contributed by atoms with van der Waals surface area (Å²) in [6.07, 6.45) is 2.43. The van der Waals surface area contributed by atoms with Crippen molar-refractivity contribution in [2.75, 3.05) is 0 Å². The topological polar surface area (TPSA) is 47.8 Å². The lowest BCUT2D eigenvalue weighted by Crippen LogP contribution is -2.07. The van der Waals surface area contributed by atoms with Gasteiger partial charge in [-0.15, -0.1) is 0 Å². The lowest BCUT2D eigenvalue weighted by Gasteiger charge is -2.02. The number of carbonyl (C=O) groups is 1. The van der Waals surface area contributed by atoms with Gasteiger partial charge in [0.05, 0.1) is 17.5 Å². The Balaban J connectivity index is 2.30. The van der Waals surface area contributed by atoms with Gasteiger partial charge >= 0.3 is 0 Å². The lowest BCUT2D eigenvalue weighted by atomic mass is 10.0. The maximum Gasteiger partial charge on any atom is 0.170 e. The molecule has 0 unspecified atom stereocenters. The molecular weight excluding hydrogens is 257 g/mol. The van der Waals surface area contributed by atoms with Gasteiger partial charge in [0.1, 0.15) is 5.15 Å². The van der Waals surface area contributed by atoms with Crippen LogP contribution in [0.1, 0.15) is 21.6 Å². The Hall–Kier alpha value is -1.75. The molecule has 2 aromatic heterocycles. The lowest BCUT2D eigenvalue weighted by molar-refractivity contribution is 0.0988. The Morgan fingerprint density at radius 3 is 2.83 bits per heavy atom.